The maximum absolute atomic E-state index is 12.9. The molecule has 4 aromatic heterocycles. The van der Waals surface area contributed by atoms with Gasteiger partial charge in [-0.15, -0.1) is 0 Å². The number of sulfone groups is 2. The summed E-state index contributed by atoms with van der Waals surface area (Å²) in [6.07, 6.45) is 15.3. The summed E-state index contributed by atoms with van der Waals surface area (Å²) in [4.78, 5) is 20.4. The lowest BCUT2D eigenvalue weighted by Gasteiger charge is -2.32. The fourth-order valence-electron chi connectivity index (χ4n) is 9.60. The van der Waals surface area contributed by atoms with Crippen LogP contribution in [0, 0.1) is 13.8 Å². The summed E-state index contributed by atoms with van der Waals surface area (Å²) in [6, 6.07) is 8.56. The summed E-state index contributed by atoms with van der Waals surface area (Å²) in [7, 11) is -3.92. The molecule has 4 fully saturated rings. The molecule has 81 heavy (non-hydrogen) atoms. The van der Waals surface area contributed by atoms with Gasteiger partial charge in [0.05, 0.1) is 57.9 Å². The number of ether oxygens (including phenoxy) is 2. The third kappa shape index (κ3) is 15.7. The van der Waals surface area contributed by atoms with Crippen molar-refractivity contribution in [2.75, 3.05) is 59.3 Å². The SMILES string of the molecule is CCBr.CCN1CCC(c2cc(OC3CC3)c(Nc3ncc(Cl)c(Nc4cn(C)nc4S(=O)(=O)C(C)C)n3)cc2C)CC1.Cc1cc(Nc2ncc(Cl)c(Nc3cn(C)nc3S(=O)(=O)C(C)C)n2)c(OC2CC2)cc1C1CCNCC1. The molecule has 5 N–H and O–H groups in total. The first-order valence-electron chi connectivity index (χ1n) is 27.9. The minimum Gasteiger partial charge on any atom is -0.488 e. The van der Waals surface area contributed by atoms with Gasteiger partial charge in [-0.1, -0.05) is 53.0 Å². The highest BCUT2D eigenvalue weighted by molar-refractivity contribution is 9.09. The molecule has 2 saturated carbocycles. The summed E-state index contributed by atoms with van der Waals surface area (Å²) >= 11 is 16.0. The van der Waals surface area contributed by atoms with Gasteiger partial charge >= 0.3 is 0 Å². The monoisotopic (exact) mass is 1250 g/mol. The van der Waals surface area contributed by atoms with Crippen molar-refractivity contribution in [3.63, 3.8) is 0 Å². The topological polar surface area (TPSA) is 237 Å². The van der Waals surface area contributed by atoms with Gasteiger partial charge in [-0.2, -0.15) is 20.2 Å². The molecule has 0 amide bonds. The molecule has 440 valence electrons. The van der Waals surface area contributed by atoms with Gasteiger partial charge in [-0.25, -0.2) is 26.8 Å². The van der Waals surface area contributed by atoms with E-state index in [0.717, 1.165) is 112 Å². The minimum absolute atomic E-state index is 0.0507. The molecular weight excluding hydrogens is 1180 g/mol. The normalized spacial score (nSPS) is 16.3. The average molecular weight is 1260 g/mol. The van der Waals surface area contributed by atoms with E-state index in [1.54, 1.807) is 54.2 Å². The summed E-state index contributed by atoms with van der Waals surface area (Å²) in [5, 5.41) is 24.7. The highest BCUT2D eigenvalue weighted by Crippen LogP contribution is 2.42. The largest absolute Gasteiger partial charge is 0.488 e. The maximum atomic E-state index is 12.9. The fraction of sp³-hybridized carbons (Fsp3) is 0.536. The van der Waals surface area contributed by atoms with Crippen molar-refractivity contribution in [3.05, 3.63) is 81.4 Å². The van der Waals surface area contributed by atoms with Crippen LogP contribution >= 0.6 is 39.1 Å². The summed E-state index contributed by atoms with van der Waals surface area (Å²) in [6.45, 7) is 20.4. The third-order valence-electron chi connectivity index (χ3n) is 14.5. The van der Waals surface area contributed by atoms with Crippen molar-refractivity contribution in [3.8, 4) is 11.5 Å². The fourth-order valence-corrected chi connectivity index (χ4v) is 12.1. The Morgan fingerprint density at radius 1 is 0.630 bits per heavy atom. The molecule has 0 bridgehead atoms. The van der Waals surface area contributed by atoms with Crippen LogP contribution in [0.5, 0.6) is 11.5 Å². The van der Waals surface area contributed by atoms with Crippen LogP contribution in [0.2, 0.25) is 10.0 Å². The molecule has 6 heterocycles. The van der Waals surface area contributed by atoms with Crippen LogP contribution in [0.25, 0.3) is 0 Å². The van der Waals surface area contributed by atoms with Crippen LogP contribution in [0.4, 0.5) is 46.3 Å². The van der Waals surface area contributed by atoms with E-state index in [2.05, 4.69) is 123 Å². The molecule has 0 spiro atoms. The van der Waals surface area contributed by atoms with Crippen molar-refractivity contribution < 1.29 is 26.3 Å². The average Bonchev–Trinajstić information content (AvgIpc) is 4.43. The zero-order chi connectivity index (χ0) is 58.3. The Hall–Kier alpha value is -5.30. The molecule has 20 nitrogen and oxygen atoms in total. The first-order valence-corrected chi connectivity index (χ1v) is 32.8. The second-order valence-corrected chi connectivity index (χ2v) is 28.3. The van der Waals surface area contributed by atoms with Crippen molar-refractivity contribution in [2.24, 2.45) is 14.1 Å². The van der Waals surface area contributed by atoms with Gasteiger partial charge in [-0.3, -0.25) is 9.36 Å². The van der Waals surface area contributed by atoms with Gasteiger partial charge in [0.1, 0.15) is 21.5 Å². The smallest absolute Gasteiger partial charge is 0.229 e. The van der Waals surface area contributed by atoms with E-state index in [-0.39, 0.29) is 43.9 Å². The number of likely N-dealkylation sites (tertiary alicyclic amines) is 1. The zero-order valence-corrected chi connectivity index (χ0v) is 52.6. The number of alkyl halides is 1. The van der Waals surface area contributed by atoms with Crippen LogP contribution in [0.3, 0.4) is 0 Å². The molecule has 2 saturated heterocycles. The van der Waals surface area contributed by atoms with Gasteiger partial charge in [0, 0.05) is 31.8 Å². The van der Waals surface area contributed by atoms with E-state index in [4.69, 9.17) is 32.7 Å². The van der Waals surface area contributed by atoms with Crippen LogP contribution in [-0.2, 0) is 33.8 Å². The second-order valence-electron chi connectivity index (χ2n) is 21.6. The van der Waals surface area contributed by atoms with Crippen LogP contribution in [-0.4, -0.2) is 122 Å². The van der Waals surface area contributed by atoms with Gasteiger partial charge in [0.25, 0.3) is 0 Å². The molecule has 2 aliphatic carbocycles. The summed E-state index contributed by atoms with van der Waals surface area (Å²) in [5.74, 6) is 3.76. The van der Waals surface area contributed by atoms with Crippen LogP contribution in [0.1, 0.15) is 127 Å². The number of benzene rings is 2. The predicted molar refractivity (Wildman–Crippen MR) is 326 cm³/mol. The number of anilines is 8. The van der Waals surface area contributed by atoms with E-state index >= 15 is 0 Å². The number of hydrogen-bond acceptors (Lipinski definition) is 18. The predicted octanol–water partition coefficient (Wildman–Crippen LogP) is 11.8. The van der Waals surface area contributed by atoms with E-state index < -0.39 is 30.2 Å². The Morgan fingerprint density at radius 2 is 1.02 bits per heavy atom. The number of piperidine rings is 2. The quantitative estimate of drug-likeness (QED) is 0.0474. The first-order chi connectivity index (χ1) is 38.6. The van der Waals surface area contributed by atoms with Crippen molar-refractivity contribution in [2.45, 2.75) is 151 Å². The van der Waals surface area contributed by atoms with E-state index in [0.29, 0.717) is 35.1 Å². The Bertz CT molecular complexity index is 3380. The van der Waals surface area contributed by atoms with Crippen molar-refractivity contribution >= 4 is 105 Å². The number of hydrogen-bond donors (Lipinski definition) is 5. The second kappa shape index (κ2) is 27.0. The number of rotatable bonds is 19. The number of nitrogens with one attached hydrogen (secondary N) is 5. The summed E-state index contributed by atoms with van der Waals surface area (Å²) in [5.41, 5.74) is 7.22. The molecule has 0 atom stereocenters. The zero-order valence-electron chi connectivity index (χ0n) is 47.9. The molecule has 2 aliphatic heterocycles. The Kier molecular flexibility index (Phi) is 20.5. The Balaban J connectivity index is 0.000000203. The van der Waals surface area contributed by atoms with Crippen molar-refractivity contribution in [1.29, 1.82) is 0 Å². The maximum Gasteiger partial charge on any atom is 0.229 e. The van der Waals surface area contributed by atoms with Gasteiger partial charge in [-0.05, 0) is 184 Å². The highest BCUT2D eigenvalue weighted by atomic mass is 79.9. The number of aromatic nitrogens is 8. The van der Waals surface area contributed by atoms with Gasteiger partial charge in [0.2, 0.25) is 41.6 Å². The molecule has 0 unspecified atom stereocenters. The van der Waals surface area contributed by atoms with E-state index in [1.165, 1.54) is 44.0 Å². The minimum atomic E-state index is -3.63. The number of aryl methyl sites for hydroxylation is 4. The number of halogens is 3. The summed E-state index contributed by atoms with van der Waals surface area (Å²) < 4.78 is 67.0. The molecular formula is C56H77BrCl2N14O6S2. The first kappa shape index (κ1) is 61.8. The van der Waals surface area contributed by atoms with Crippen LogP contribution in [0.15, 0.2) is 59.1 Å². The molecule has 4 aliphatic rings. The Morgan fingerprint density at radius 3 is 1.40 bits per heavy atom. The third-order valence-corrected chi connectivity index (χ3v) is 19.2. The lowest BCUT2D eigenvalue weighted by molar-refractivity contribution is 0.222. The van der Waals surface area contributed by atoms with E-state index in [9.17, 15) is 16.8 Å². The van der Waals surface area contributed by atoms with Crippen LogP contribution < -0.4 is 36.1 Å². The van der Waals surface area contributed by atoms with Crippen molar-refractivity contribution in [1.82, 2.24) is 49.7 Å². The lowest BCUT2D eigenvalue weighted by Crippen LogP contribution is -2.32. The molecule has 25 heteroatoms. The molecule has 0 radical (unpaired) electrons. The molecule has 6 aromatic rings. The van der Waals surface area contributed by atoms with Gasteiger partial charge < -0.3 is 41.0 Å². The highest BCUT2D eigenvalue weighted by Gasteiger charge is 2.32. The van der Waals surface area contributed by atoms with Gasteiger partial charge in [0.15, 0.2) is 11.6 Å². The Labute approximate surface area is 495 Å². The standard InChI is InChI=1S/C28H38ClN7O3S.C26H34ClN7O3S.C2H5Br/c1-6-36-11-9-19(10-12-36)21-14-25(39-20-7-8-20)23(13-18(21)4)32-28-30-15-22(29)26(33-28)31-24-16-35(5)34-27(24)40(37,38)17(2)3;1-15(2)38(35,36)25-22(14-34(4)33-25)30-24-20(27)13-29-26(32-24)31-21-11-16(3)19(17-7-9-28-10-8-17)12-23(21)37-18-5-6-18;1-2-3/h13-17,19-20H,6-12H2,1-5H3,(H2,30,31,32,33);11-15,17-18,28H,5-10H2,1-4H3,(H2,29,30,31,32);2H2,1H3. The van der Waals surface area contributed by atoms with E-state index in [1.807, 2.05) is 6.92 Å². The lowest BCUT2D eigenvalue weighted by atomic mass is 9.86. The molecule has 10 rings (SSSR count). The number of nitrogens with zero attached hydrogens (tertiary/aromatic N) is 9. The molecule has 2 aromatic carbocycles.